The van der Waals surface area contributed by atoms with E-state index in [0.29, 0.717) is 18.1 Å². The van der Waals surface area contributed by atoms with Crippen molar-refractivity contribution in [3.8, 4) is 0 Å². The fourth-order valence-corrected chi connectivity index (χ4v) is 3.29. The third kappa shape index (κ3) is 4.56. The third-order valence-corrected chi connectivity index (χ3v) is 4.45. The SMILES string of the molecule is O=C(NNc1ncnc2c1ccn2Cc1ccccc1)Nc1cc(Cl)nc(Cl)c1. The van der Waals surface area contributed by atoms with Gasteiger partial charge in [-0.15, -0.1) is 0 Å². The molecule has 0 saturated carbocycles. The standard InChI is InChI=1S/C19H15Cl2N7O/c20-15-8-13(9-16(21)25-15)24-19(29)27-26-17-14-6-7-28(18(14)23-11-22-17)10-12-4-2-1-3-5-12/h1-9,11H,10H2,(H,22,23,26)(H2,24,25,27,29). The van der Waals surface area contributed by atoms with Gasteiger partial charge in [0.2, 0.25) is 0 Å². The molecule has 0 aliphatic rings. The maximum absolute atomic E-state index is 12.2. The molecule has 0 fully saturated rings. The van der Waals surface area contributed by atoms with Crippen molar-refractivity contribution >= 4 is 51.8 Å². The van der Waals surface area contributed by atoms with Gasteiger partial charge in [-0.2, -0.15) is 0 Å². The minimum absolute atomic E-state index is 0.179. The molecule has 4 rings (SSSR count). The lowest BCUT2D eigenvalue weighted by Gasteiger charge is -2.11. The fourth-order valence-electron chi connectivity index (χ4n) is 2.83. The van der Waals surface area contributed by atoms with Gasteiger partial charge >= 0.3 is 6.03 Å². The van der Waals surface area contributed by atoms with E-state index in [2.05, 4.69) is 43.3 Å². The van der Waals surface area contributed by atoms with Gasteiger partial charge in [0.15, 0.2) is 5.82 Å². The van der Waals surface area contributed by atoms with Gasteiger partial charge in [-0.1, -0.05) is 53.5 Å². The number of aromatic nitrogens is 4. The van der Waals surface area contributed by atoms with E-state index in [4.69, 9.17) is 23.2 Å². The summed E-state index contributed by atoms with van der Waals surface area (Å²) < 4.78 is 2.01. The minimum atomic E-state index is -0.515. The zero-order valence-electron chi connectivity index (χ0n) is 14.9. The van der Waals surface area contributed by atoms with E-state index < -0.39 is 6.03 Å². The molecule has 0 atom stereocenters. The van der Waals surface area contributed by atoms with E-state index in [0.717, 1.165) is 16.6 Å². The molecule has 2 amide bonds. The number of benzene rings is 1. The molecule has 3 N–H and O–H groups in total. The lowest BCUT2D eigenvalue weighted by molar-refractivity contribution is 0.254. The van der Waals surface area contributed by atoms with Gasteiger partial charge in [-0.05, 0) is 23.8 Å². The predicted octanol–water partition coefficient (Wildman–Crippen LogP) is 4.33. The molecule has 10 heteroatoms. The smallest absolute Gasteiger partial charge is 0.328 e. The number of fused-ring (bicyclic) bond motifs is 1. The molecule has 0 unspecified atom stereocenters. The molecule has 3 aromatic heterocycles. The van der Waals surface area contributed by atoms with Crippen molar-refractivity contribution in [3.05, 3.63) is 76.9 Å². The summed E-state index contributed by atoms with van der Waals surface area (Å²) in [5.41, 5.74) is 7.66. The van der Waals surface area contributed by atoms with Crippen LogP contribution in [-0.2, 0) is 6.54 Å². The zero-order chi connectivity index (χ0) is 20.2. The van der Waals surface area contributed by atoms with E-state index in [1.807, 2.05) is 35.0 Å². The highest BCUT2D eigenvalue weighted by Crippen LogP contribution is 2.21. The summed E-state index contributed by atoms with van der Waals surface area (Å²) in [7, 11) is 0. The van der Waals surface area contributed by atoms with Crippen molar-refractivity contribution in [1.82, 2.24) is 24.9 Å². The number of urea groups is 1. The Bertz CT molecular complexity index is 1140. The molecular weight excluding hydrogens is 413 g/mol. The second-order valence-electron chi connectivity index (χ2n) is 6.09. The monoisotopic (exact) mass is 427 g/mol. The average Bonchev–Trinajstić information content (AvgIpc) is 3.10. The number of anilines is 2. The van der Waals surface area contributed by atoms with Gasteiger partial charge in [0, 0.05) is 18.4 Å². The lowest BCUT2D eigenvalue weighted by atomic mass is 10.2. The Kier molecular flexibility index (Phi) is 5.46. The minimum Gasteiger partial charge on any atom is -0.328 e. The maximum atomic E-state index is 12.2. The highest BCUT2D eigenvalue weighted by molar-refractivity contribution is 6.33. The first-order valence-corrected chi connectivity index (χ1v) is 9.34. The lowest BCUT2D eigenvalue weighted by Crippen LogP contribution is -2.34. The van der Waals surface area contributed by atoms with Crippen LogP contribution in [0.1, 0.15) is 5.56 Å². The van der Waals surface area contributed by atoms with Gasteiger partial charge < -0.3 is 9.88 Å². The highest BCUT2D eigenvalue weighted by atomic mass is 35.5. The molecule has 0 aliphatic carbocycles. The number of nitrogens with one attached hydrogen (secondary N) is 3. The van der Waals surface area contributed by atoms with E-state index in [-0.39, 0.29) is 10.3 Å². The van der Waals surface area contributed by atoms with Gasteiger partial charge in [-0.3, -0.25) is 10.9 Å². The van der Waals surface area contributed by atoms with Crippen molar-refractivity contribution in [3.63, 3.8) is 0 Å². The number of carbonyl (C=O) groups excluding carboxylic acids is 1. The molecule has 0 bridgehead atoms. The molecule has 0 aliphatic heterocycles. The first kappa shape index (κ1) is 19.0. The molecule has 3 heterocycles. The predicted molar refractivity (Wildman–Crippen MR) is 113 cm³/mol. The second kappa shape index (κ2) is 8.34. The van der Waals surface area contributed by atoms with Crippen LogP contribution < -0.4 is 16.2 Å². The van der Waals surface area contributed by atoms with Crippen LogP contribution in [0.5, 0.6) is 0 Å². The van der Waals surface area contributed by atoms with Crippen molar-refractivity contribution in [2.45, 2.75) is 6.54 Å². The van der Waals surface area contributed by atoms with Crippen LogP contribution in [-0.4, -0.2) is 25.6 Å². The summed E-state index contributed by atoms with van der Waals surface area (Å²) in [6.45, 7) is 0.679. The van der Waals surface area contributed by atoms with Crippen LogP contribution in [0.15, 0.2) is 61.1 Å². The zero-order valence-corrected chi connectivity index (χ0v) is 16.4. The maximum Gasteiger partial charge on any atom is 0.337 e. The normalized spacial score (nSPS) is 10.7. The molecule has 0 radical (unpaired) electrons. The Morgan fingerprint density at radius 1 is 1.03 bits per heavy atom. The number of carbonyl (C=O) groups is 1. The topological polar surface area (TPSA) is 96.8 Å². The fraction of sp³-hybridized carbons (Fsp3) is 0.0526. The largest absolute Gasteiger partial charge is 0.337 e. The van der Waals surface area contributed by atoms with Crippen LogP contribution in [0.2, 0.25) is 10.3 Å². The van der Waals surface area contributed by atoms with Crippen LogP contribution in [0.3, 0.4) is 0 Å². The molecule has 4 aromatic rings. The summed E-state index contributed by atoms with van der Waals surface area (Å²) in [6, 6.07) is 14.4. The summed E-state index contributed by atoms with van der Waals surface area (Å²) >= 11 is 11.7. The summed E-state index contributed by atoms with van der Waals surface area (Å²) in [5.74, 6) is 0.475. The molecule has 8 nitrogen and oxygen atoms in total. The van der Waals surface area contributed by atoms with E-state index in [9.17, 15) is 4.79 Å². The number of pyridine rings is 1. The Morgan fingerprint density at radius 2 is 1.79 bits per heavy atom. The van der Waals surface area contributed by atoms with Gasteiger partial charge in [-0.25, -0.2) is 19.7 Å². The molecule has 146 valence electrons. The van der Waals surface area contributed by atoms with Crippen LogP contribution >= 0.6 is 23.2 Å². The van der Waals surface area contributed by atoms with E-state index in [1.165, 1.54) is 18.5 Å². The number of halogens is 2. The van der Waals surface area contributed by atoms with Gasteiger partial charge in [0.05, 0.1) is 5.39 Å². The van der Waals surface area contributed by atoms with Crippen LogP contribution in [0, 0.1) is 0 Å². The first-order chi connectivity index (χ1) is 14.1. The number of hydrazine groups is 1. The Balaban J connectivity index is 1.46. The molecular formula is C19H15Cl2N7O. The number of amides is 2. The average molecular weight is 428 g/mol. The van der Waals surface area contributed by atoms with E-state index in [1.54, 1.807) is 0 Å². The number of hydrogen-bond donors (Lipinski definition) is 3. The van der Waals surface area contributed by atoms with Crippen molar-refractivity contribution in [2.24, 2.45) is 0 Å². The number of nitrogens with zero attached hydrogens (tertiary/aromatic N) is 4. The molecule has 29 heavy (non-hydrogen) atoms. The van der Waals surface area contributed by atoms with E-state index >= 15 is 0 Å². The Morgan fingerprint density at radius 3 is 2.55 bits per heavy atom. The second-order valence-corrected chi connectivity index (χ2v) is 6.87. The van der Waals surface area contributed by atoms with Gasteiger partial charge in [0.1, 0.15) is 22.3 Å². The molecule has 0 saturated heterocycles. The summed E-state index contributed by atoms with van der Waals surface area (Å²) in [4.78, 5) is 24.5. The third-order valence-electron chi connectivity index (χ3n) is 4.07. The van der Waals surface area contributed by atoms with Crippen molar-refractivity contribution in [1.29, 1.82) is 0 Å². The quantitative estimate of drug-likeness (QED) is 0.325. The first-order valence-electron chi connectivity index (χ1n) is 8.58. The number of rotatable bonds is 5. The van der Waals surface area contributed by atoms with Gasteiger partial charge in [0.25, 0.3) is 0 Å². The molecule has 1 aromatic carbocycles. The van der Waals surface area contributed by atoms with Crippen LogP contribution in [0.4, 0.5) is 16.3 Å². The Hall–Kier alpha value is -3.36. The van der Waals surface area contributed by atoms with Crippen molar-refractivity contribution < 1.29 is 4.79 Å². The van der Waals surface area contributed by atoms with Crippen molar-refractivity contribution in [2.75, 3.05) is 10.7 Å². The summed E-state index contributed by atoms with van der Waals surface area (Å²) in [6.07, 6.45) is 3.37. The highest BCUT2D eigenvalue weighted by Gasteiger charge is 2.10. The molecule has 0 spiro atoms. The Labute approximate surface area is 175 Å². The summed E-state index contributed by atoms with van der Waals surface area (Å²) in [5, 5.41) is 3.74. The van der Waals surface area contributed by atoms with Crippen LogP contribution in [0.25, 0.3) is 11.0 Å². The number of hydrogen-bond acceptors (Lipinski definition) is 5.